The average Bonchev–Trinajstić information content (AvgIpc) is 2.35. The van der Waals surface area contributed by atoms with Crippen LogP contribution in [0.25, 0.3) is 0 Å². The molecule has 2 unspecified atom stereocenters. The van der Waals surface area contributed by atoms with E-state index < -0.39 is 24.0 Å². The molecule has 1 aliphatic rings. The van der Waals surface area contributed by atoms with Crippen LogP contribution in [0.15, 0.2) is 0 Å². The van der Waals surface area contributed by atoms with Gasteiger partial charge in [-0.3, -0.25) is 9.59 Å². The van der Waals surface area contributed by atoms with Crippen LogP contribution in [0.4, 0.5) is 0 Å². The van der Waals surface area contributed by atoms with Crippen molar-refractivity contribution >= 4 is 17.8 Å². The number of carbonyl (C=O) groups is 3. The maximum Gasteiger partial charge on any atom is 0.326 e. The highest BCUT2D eigenvalue weighted by Gasteiger charge is 2.31. The van der Waals surface area contributed by atoms with Gasteiger partial charge < -0.3 is 20.8 Å². The Labute approximate surface area is 105 Å². The zero-order chi connectivity index (χ0) is 13.7. The predicted molar refractivity (Wildman–Crippen MR) is 61.8 cm³/mol. The molecule has 18 heavy (non-hydrogen) atoms. The first kappa shape index (κ1) is 14.4. The predicted octanol–water partition coefficient (Wildman–Crippen LogP) is -0.356. The van der Waals surface area contributed by atoms with Gasteiger partial charge in [-0.15, -0.1) is 0 Å². The number of carboxylic acid groups (broad SMARTS) is 2. The molecule has 7 nitrogen and oxygen atoms in total. The fourth-order valence-corrected chi connectivity index (χ4v) is 2.03. The van der Waals surface area contributed by atoms with Gasteiger partial charge in [0.15, 0.2) is 0 Å². The van der Waals surface area contributed by atoms with E-state index in [0.29, 0.717) is 13.0 Å². The molecule has 102 valence electrons. The van der Waals surface area contributed by atoms with Crippen LogP contribution < -0.4 is 5.73 Å². The largest absolute Gasteiger partial charge is 0.480 e. The number of carbonyl (C=O) groups excluding carboxylic acids is 1. The average molecular weight is 258 g/mol. The molecule has 0 aromatic rings. The van der Waals surface area contributed by atoms with Gasteiger partial charge in [0.1, 0.15) is 12.1 Å². The molecule has 1 fully saturated rings. The number of carboxylic acids is 2. The van der Waals surface area contributed by atoms with Crippen molar-refractivity contribution in [3.63, 3.8) is 0 Å². The van der Waals surface area contributed by atoms with E-state index in [9.17, 15) is 14.4 Å². The summed E-state index contributed by atoms with van der Waals surface area (Å²) in [5.41, 5.74) is 5.30. The number of hydrogen-bond acceptors (Lipinski definition) is 4. The molecule has 1 rings (SSSR count). The topological polar surface area (TPSA) is 121 Å². The lowest BCUT2D eigenvalue weighted by molar-refractivity contribution is -0.152. The van der Waals surface area contributed by atoms with Crippen LogP contribution in [0, 0.1) is 0 Å². The molecule has 4 N–H and O–H groups in total. The van der Waals surface area contributed by atoms with Gasteiger partial charge in [-0.1, -0.05) is 0 Å². The van der Waals surface area contributed by atoms with Crippen molar-refractivity contribution in [1.29, 1.82) is 0 Å². The fraction of sp³-hybridized carbons (Fsp3) is 0.727. The van der Waals surface area contributed by atoms with Crippen molar-refractivity contribution in [1.82, 2.24) is 4.90 Å². The lowest BCUT2D eigenvalue weighted by atomic mass is 10.0. The van der Waals surface area contributed by atoms with Gasteiger partial charge >= 0.3 is 11.9 Å². The second-order valence-corrected chi connectivity index (χ2v) is 4.42. The summed E-state index contributed by atoms with van der Waals surface area (Å²) in [6.45, 7) is 0.415. The highest BCUT2D eigenvalue weighted by atomic mass is 16.4. The Morgan fingerprint density at radius 2 is 1.94 bits per heavy atom. The minimum atomic E-state index is -1.16. The van der Waals surface area contributed by atoms with Crippen molar-refractivity contribution < 1.29 is 24.6 Å². The molecule has 0 saturated carbocycles. The van der Waals surface area contributed by atoms with Crippen LogP contribution in [0.1, 0.15) is 32.1 Å². The van der Waals surface area contributed by atoms with Gasteiger partial charge in [0.25, 0.3) is 0 Å². The van der Waals surface area contributed by atoms with Crippen LogP contribution in [0.2, 0.25) is 0 Å². The SMILES string of the molecule is NC(CCC(=O)N1CCCCC1C(=O)O)C(=O)O. The van der Waals surface area contributed by atoms with Gasteiger partial charge in [0, 0.05) is 13.0 Å². The lowest BCUT2D eigenvalue weighted by Crippen LogP contribution is -2.48. The summed E-state index contributed by atoms with van der Waals surface area (Å²) in [4.78, 5) is 34.7. The smallest absolute Gasteiger partial charge is 0.326 e. The molecule has 0 spiro atoms. The van der Waals surface area contributed by atoms with Gasteiger partial charge in [-0.25, -0.2) is 4.79 Å². The number of nitrogens with zero attached hydrogens (tertiary/aromatic N) is 1. The second-order valence-electron chi connectivity index (χ2n) is 4.42. The third kappa shape index (κ3) is 3.69. The van der Waals surface area contributed by atoms with E-state index in [-0.39, 0.29) is 18.7 Å². The van der Waals surface area contributed by atoms with Crippen LogP contribution in [0.5, 0.6) is 0 Å². The Morgan fingerprint density at radius 3 is 2.50 bits per heavy atom. The van der Waals surface area contributed by atoms with Crippen molar-refractivity contribution in [3.05, 3.63) is 0 Å². The molecule has 0 aromatic carbocycles. The van der Waals surface area contributed by atoms with Crippen LogP contribution >= 0.6 is 0 Å². The summed E-state index contributed by atoms with van der Waals surface area (Å²) in [5, 5.41) is 17.6. The van der Waals surface area contributed by atoms with Crippen LogP contribution in [0.3, 0.4) is 0 Å². The Kier molecular flexibility index (Phi) is 5.08. The molecule has 0 radical (unpaired) electrons. The van der Waals surface area contributed by atoms with Gasteiger partial charge in [-0.2, -0.15) is 0 Å². The fourth-order valence-electron chi connectivity index (χ4n) is 2.03. The van der Waals surface area contributed by atoms with Crippen LogP contribution in [-0.4, -0.2) is 51.6 Å². The number of piperidine rings is 1. The van der Waals surface area contributed by atoms with Crippen molar-refractivity contribution in [3.8, 4) is 0 Å². The number of rotatable bonds is 5. The van der Waals surface area contributed by atoms with E-state index in [1.54, 1.807) is 0 Å². The van der Waals surface area contributed by atoms with Gasteiger partial charge in [0.2, 0.25) is 5.91 Å². The Balaban J connectivity index is 2.53. The maximum atomic E-state index is 11.9. The second kappa shape index (κ2) is 6.34. The summed E-state index contributed by atoms with van der Waals surface area (Å²) in [7, 11) is 0. The van der Waals surface area contributed by atoms with Gasteiger partial charge in [0.05, 0.1) is 0 Å². The maximum absolute atomic E-state index is 11.9. The van der Waals surface area contributed by atoms with E-state index >= 15 is 0 Å². The van der Waals surface area contributed by atoms with Gasteiger partial charge in [-0.05, 0) is 25.7 Å². The normalized spacial score (nSPS) is 21.4. The number of hydrogen-bond donors (Lipinski definition) is 3. The monoisotopic (exact) mass is 258 g/mol. The number of likely N-dealkylation sites (tertiary alicyclic amines) is 1. The van der Waals surface area contributed by atoms with E-state index in [1.165, 1.54) is 4.90 Å². The first-order valence-electron chi connectivity index (χ1n) is 5.94. The molecule has 0 aliphatic carbocycles. The summed E-state index contributed by atoms with van der Waals surface area (Å²) in [6, 6.07) is -1.87. The highest BCUT2D eigenvalue weighted by molar-refractivity contribution is 5.84. The standard InChI is InChI=1S/C11H18N2O5/c12-7(10(15)16)4-5-9(14)13-6-2-1-3-8(13)11(17)18/h7-8H,1-6,12H2,(H,15,16)(H,17,18). The molecule has 1 saturated heterocycles. The summed E-state index contributed by atoms with van der Waals surface area (Å²) in [6.07, 6.45) is 2.01. The molecule has 0 aromatic heterocycles. The summed E-state index contributed by atoms with van der Waals surface area (Å²) in [5.74, 6) is -2.50. The molecule has 1 amide bonds. The Hall–Kier alpha value is -1.63. The molecule has 0 bridgehead atoms. The minimum absolute atomic E-state index is 0.0248. The lowest BCUT2D eigenvalue weighted by Gasteiger charge is -2.33. The molecule has 7 heteroatoms. The molecule has 2 atom stereocenters. The van der Waals surface area contributed by atoms with E-state index in [2.05, 4.69) is 0 Å². The van der Waals surface area contributed by atoms with Crippen molar-refractivity contribution in [2.45, 2.75) is 44.2 Å². The molecular weight excluding hydrogens is 240 g/mol. The van der Waals surface area contributed by atoms with E-state index in [1.807, 2.05) is 0 Å². The first-order chi connectivity index (χ1) is 8.43. The zero-order valence-electron chi connectivity index (χ0n) is 10.0. The Bertz CT molecular complexity index is 344. The zero-order valence-corrected chi connectivity index (χ0v) is 10.0. The third-order valence-corrected chi connectivity index (χ3v) is 3.09. The van der Waals surface area contributed by atoms with Crippen LogP contribution in [-0.2, 0) is 14.4 Å². The van der Waals surface area contributed by atoms with Crippen molar-refractivity contribution in [2.24, 2.45) is 5.73 Å². The number of aliphatic carboxylic acids is 2. The summed E-state index contributed by atoms with van der Waals surface area (Å²) >= 11 is 0. The quantitative estimate of drug-likeness (QED) is 0.619. The summed E-state index contributed by atoms with van der Waals surface area (Å²) < 4.78 is 0. The van der Waals surface area contributed by atoms with E-state index in [0.717, 1.165) is 12.8 Å². The molecule has 1 aliphatic heterocycles. The number of nitrogens with two attached hydrogens (primary N) is 1. The third-order valence-electron chi connectivity index (χ3n) is 3.09. The molecule has 1 heterocycles. The van der Waals surface area contributed by atoms with Crippen molar-refractivity contribution in [2.75, 3.05) is 6.54 Å². The molecular formula is C11H18N2O5. The highest BCUT2D eigenvalue weighted by Crippen LogP contribution is 2.18. The number of amides is 1. The first-order valence-corrected chi connectivity index (χ1v) is 5.94. The van der Waals surface area contributed by atoms with E-state index in [4.69, 9.17) is 15.9 Å². The minimum Gasteiger partial charge on any atom is -0.480 e. The Morgan fingerprint density at radius 1 is 1.28 bits per heavy atom.